The molecular formula is C24H37N3O5. The van der Waals surface area contributed by atoms with Crippen LogP contribution < -0.4 is 5.32 Å². The highest BCUT2D eigenvalue weighted by Crippen LogP contribution is 2.21. The predicted octanol–water partition coefficient (Wildman–Crippen LogP) is 3.26. The molecule has 2 saturated heterocycles. The molecule has 3 rings (SSSR count). The summed E-state index contributed by atoms with van der Waals surface area (Å²) in [4.78, 5) is 28.4. The summed E-state index contributed by atoms with van der Waals surface area (Å²) >= 11 is 0. The molecule has 178 valence electrons. The van der Waals surface area contributed by atoms with Crippen molar-refractivity contribution in [2.24, 2.45) is 5.92 Å². The van der Waals surface area contributed by atoms with E-state index in [1.807, 2.05) is 56.0 Å². The molecule has 0 aromatic heterocycles. The average Bonchev–Trinajstić information content (AvgIpc) is 2.76. The van der Waals surface area contributed by atoms with Crippen molar-refractivity contribution in [3.63, 3.8) is 0 Å². The summed E-state index contributed by atoms with van der Waals surface area (Å²) in [5.74, 6) is 0.552. The minimum atomic E-state index is -0.460. The zero-order chi connectivity index (χ0) is 23.0. The molecule has 2 aliphatic heterocycles. The Bertz CT molecular complexity index is 729. The first-order valence-corrected chi connectivity index (χ1v) is 11.5. The minimum absolute atomic E-state index is 0.0464. The zero-order valence-corrected chi connectivity index (χ0v) is 19.5. The topological polar surface area (TPSA) is 80.3 Å². The second-order valence-corrected chi connectivity index (χ2v) is 9.61. The van der Waals surface area contributed by atoms with Crippen LogP contribution in [0, 0.1) is 5.92 Å². The van der Waals surface area contributed by atoms with Crippen LogP contribution in [-0.2, 0) is 20.8 Å². The van der Waals surface area contributed by atoms with Crippen LogP contribution in [0.5, 0.6) is 0 Å². The molecule has 0 saturated carbocycles. The van der Waals surface area contributed by atoms with E-state index in [9.17, 15) is 9.59 Å². The number of alkyl carbamates (subject to hydrolysis) is 1. The summed E-state index contributed by atoms with van der Waals surface area (Å²) in [6.45, 7) is 11.2. The lowest BCUT2D eigenvalue weighted by atomic mass is 9.96. The van der Waals surface area contributed by atoms with Gasteiger partial charge in [-0.25, -0.2) is 9.59 Å². The van der Waals surface area contributed by atoms with E-state index in [0.717, 1.165) is 51.1 Å². The highest BCUT2D eigenvalue weighted by Gasteiger charge is 2.29. The maximum Gasteiger partial charge on any atom is 0.410 e. The molecule has 1 aromatic rings. The molecule has 1 aromatic carbocycles. The molecule has 0 aliphatic carbocycles. The van der Waals surface area contributed by atoms with E-state index in [2.05, 4.69) is 10.2 Å². The third-order valence-electron chi connectivity index (χ3n) is 5.69. The van der Waals surface area contributed by atoms with Gasteiger partial charge in [-0.1, -0.05) is 30.3 Å². The van der Waals surface area contributed by atoms with Crippen molar-refractivity contribution in [2.45, 2.75) is 51.9 Å². The van der Waals surface area contributed by atoms with E-state index in [4.69, 9.17) is 14.2 Å². The van der Waals surface area contributed by atoms with Crippen LogP contribution in [-0.4, -0.2) is 79.6 Å². The molecule has 0 bridgehead atoms. The van der Waals surface area contributed by atoms with Crippen LogP contribution in [0.1, 0.15) is 39.2 Å². The first-order valence-electron chi connectivity index (χ1n) is 11.5. The van der Waals surface area contributed by atoms with E-state index >= 15 is 0 Å². The number of carbonyl (C=O) groups is 2. The summed E-state index contributed by atoms with van der Waals surface area (Å²) in [5, 5.41) is 2.81. The van der Waals surface area contributed by atoms with Crippen molar-refractivity contribution in [3.8, 4) is 0 Å². The maximum absolute atomic E-state index is 12.2. The lowest BCUT2D eigenvalue weighted by molar-refractivity contribution is -0.0347. The van der Waals surface area contributed by atoms with E-state index in [0.29, 0.717) is 19.1 Å². The highest BCUT2D eigenvalue weighted by atomic mass is 16.6. The molecule has 1 N–H and O–H groups in total. The van der Waals surface area contributed by atoms with Gasteiger partial charge >= 0.3 is 12.2 Å². The molecule has 1 unspecified atom stereocenters. The van der Waals surface area contributed by atoms with Gasteiger partial charge in [-0.05, 0) is 45.1 Å². The Balaban J connectivity index is 1.33. The maximum atomic E-state index is 12.2. The molecule has 2 fully saturated rings. The highest BCUT2D eigenvalue weighted by molar-refractivity contribution is 5.68. The Kier molecular flexibility index (Phi) is 8.75. The van der Waals surface area contributed by atoms with Gasteiger partial charge < -0.3 is 24.4 Å². The number of nitrogens with one attached hydrogen (secondary N) is 1. The van der Waals surface area contributed by atoms with Crippen molar-refractivity contribution in [1.82, 2.24) is 15.1 Å². The minimum Gasteiger partial charge on any atom is -0.445 e. The van der Waals surface area contributed by atoms with Gasteiger partial charge in [0.2, 0.25) is 0 Å². The molecule has 1 atom stereocenters. The molecule has 2 heterocycles. The summed E-state index contributed by atoms with van der Waals surface area (Å²) in [7, 11) is 0. The van der Waals surface area contributed by atoms with Gasteiger partial charge in [0, 0.05) is 39.3 Å². The number of carbonyl (C=O) groups excluding carboxylic acids is 2. The molecule has 8 heteroatoms. The summed E-state index contributed by atoms with van der Waals surface area (Å²) in [6.07, 6.45) is 1.27. The average molecular weight is 448 g/mol. The Morgan fingerprint density at radius 2 is 1.84 bits per heavy atom. The van der Waals surface area contributed by atoms with E-state index in [-0.39, 0.29) is 18.8 Å². The number of amides is 2. The second kappa shape index (κ2) is 11.5. The Labute approximate surface area is 191 Å². The normalized spacial score (nSPS) is 20.6. The number of benzene rings is 1. The number of hydrogen-bond acceptors (Lipinski definition) is 6. The van der Waals surface area contributed by atoms with E-state index in [1.165, 1.54) is 0 Å². The smallest absolute Gasteiger partial charge is 0.410 e. The van der Waals surface area contributed by atoms with Crippen LogP contribution in [0.4, 0.5) is 9.59 Å². The number of piperidine rings is 1. The fraction of sp³-hybridized carbons (Fsp3) is 0.667. The van der Waals surface area contributed by atoms with Crippen molar-refractivity contribution < 1.29 is 23.8 Å². The molecular weight excluding hydrogens is 410 g/mol. The molecule has 0 spiro atoms. The third-order valence-corrected chi connectivity index (χ3v) is 5.69. The van der Waals surface area contributed by atoms with Crippen LogP contribution in [0.2, 0.25) is 0 Å². The monoisotopic (exact) mass is 447 g/mol. The number of rotatable bonds is 6. The van der Waals surface area contributed by atoms with Gasteiger partial charge in [-0.3, -0.25) is 4.90 Å². The lowest BCUT2D eigenvalue weighted by Gasteiger charge is -2.38. The summed E-state index contributed by atoms with van der Waals surface area (Å²) in [6, 6.07) is 9.62. The second-order valence-electron chi connectivity index (χ2n) is 9.61. The number of likely N-dealkylation sites (tertiary alicyclic amines) is 1. The first-order chi connectivity index (χ1) is 15.3. The van der Waals surface area contributed by atoms with E-state index in [1.54, 1.807) is 0 Å². The van der Waals surface area contributed by atoms with Gasteiger partial charge in [-0.15, -0.1) is 0 Å². The molecule has 8 nitrogen and oxygen atoms in total. The van der Waals surface area contributed by atoms with Gasteiger partial charge in [0.1, 0.15) is 12.2 Å². The van der Waals surface area contributed by atoms with Crippen LogP contribution >= 0.6 is 0 Å². The Hall–Kier alpha value is -2.32. The SMILES string of the molecule is CC(C)(C)OC(=O)N1CCC(CN2CCOC(CNC(=O)OCc3ccccc3)C2)CC1. The van der Waals surface area contributed by atoms with Crippen LogP contribution in [0.15, 0.2) is 30.3 Å². The lowest BCUT2D eigenvalue weighted by Crippen LogP contribution is -2.50. The van der Waals surface area contributed by atoms with Crippen molar-refractivity contribution in [2.75, 3.05) is 45.9 Å². The Morgan fingerprint density at radius 3 is 2.53 bits per heavy atom. The van der Waals surface area contributed by atoms with Crippen molar-refractivity contribution >= 4 is 12.2 Å². The summed E-state index contributed by atoms with van der Waals surface area (Å²) in [5.41, 5.74) is 0.499. The summed E-state index contributed by atoms with van der Waals surface area (Å²) < 4.78 is 16.6. The van der Waals surface area contributed by atoms with Gasteiger partial charge in [-0.2, -0.15) is 0 Å². The van der Waals surface area contributed by atoms with Crippen LogP contribution in [0.3, 0.4) is 0 Å². The molecule has 0 radical (unpaired) electrons. The largest absolute Gasteiger partial charge is 0.445 e. The third kappa shape index (κ3) is 8.31. The van der Waals surface area contributed by atoms with Gasteiger partial charge in [0.05, 0.1) is 12.7 Å². The molecule has 2 amide bonds. The first kappa shape index (κ1) is 24.3. The van der Waals surface area contributed by atoms with Crippen LogP contribution in [0.25, 0.3) is 0 Å². The van der Waals surface area contributed by atoms with Crippen molar-refractivity contribution in [3.05, 3.63) is 35.9 Å². The standard InChI is InChI=1S/C24H37N3O5/c1-24(2,3)32-23(29)27-11-9-19(10-12-27)16-26-13-14-30-21(17-26)15-25-22(28)31-18-20-7-5-4-6-8-20/h4-8,19,21H,9-18H2,1-3H3,(H,25,28). The molecule has 32 heavy (non-hydrogen) atoms. The van der Waals surface area contributed by atoms with Gasteiger partial charge in [0.25, 0.3) is 0 Å². The number of hydrogen-bond donors (Lipinski definition) is 1. The van der Waals surface area contributed by atoms with Gasteiger partial charge in [0.15, 0.2) is 0 Å². The van der Waals surface area contributed by atoms with Crippen molar-refractivity contribution in [1.29, 1.82) is 0 Å². The predicted molar refractivity (Wildman–Crippen MR) is 121 cm³/mol. The molecule has 2 aliphatic rings. The number of morpholine rings is 1. The quantitative estimate of drug-likeness (QED) is 0.721. The van der Waals surface area contributed by atoms with E-state index < -0.39 is 11.7 Å². The fourth-order valence-corrected chi connectivity index (χ4v) is 4.03. The fourth-order valence-electron chi connectivity index (χ4n) is 4.03. The zero-order valence-electron chi connectivity index (χ0n) is 19.5. The Morgan fingerprint density at radius 1 is 1.12 bits per heavy atom. The number of nitrogens with zero attached hydrogens (tertiary/aromatic N) is 2. The number of ether oxygens (including phenoxy) is 3.